The van der Waals surface area contributed by atoms with Crippen molar-refractivity contribution in [1.82, 2.24) is 14.7 Å². The summed E-state index contributed by atoms with van der Waals surface area (Å²) in [4.78, 5) is 7.87. The lowest BCUT2D eigenvalue weighted by molar-refractivity contribution is 0.215. The van der Waals surface area contributed by atoms with E-state index in [2.05, 4.69) is 35.6 Å². The van der Waals surface area contributed by atoms with E-state index in [9.17, 15) is 0 Å². The molecule has 0 aromatic rings. The van der Waals surface area contributed by atoms with Gasteiger partial charge in [0.1, 0.15) is 0 Å². The van der Waals surface area contributed by atoms with Gasteiger partial charge in [0, 0.05) is 39.3 Å². The molecule has 0 unspecified atom stereocenters. The van der Waals surface area contributed by atoms with Crippen molar-refractivity contribution in [3.05, 3.63) is 0 Å². The van der Waals surface area contributed by atoms with Crippen LogP contribution in [0.2, 0.25) is 0 Å². The molecule has 0 saturated carbocycles. The predicted octanol–water partition coefficient (Wildman–Crippen LogP) is 2.92. The number of hydrogen-bond donors (Lipinski definition) is 0. The topological polar surface area (TPSA) is 9.72 Å². The van der Waals surface area contributed by atoms with Gasteiger partial charge in [-0.1, -0.05) is 39.5 Å². The van der Waals surface area contributed by atoms with E-state index < -0.39 is 0 Å². The van der Waals surface area contributed by atoms with Crippen LogP contribution in [-0.4, -0.2) is 74.1 Å². The van der Waals surface area contributed by atoms with Crippen molar-refractivity contribution in [3.63, 3.8) is 0 Å². The minimum atomic E-state index is 1.23. The largest absolute Gasteiger partial charge is 0.304 e. The highest BCUT2D eigenvalue weighted by Crippen LogP contribution is 2.05. The summed E-state index contributed by atoms with van der Waals surface area (Å²) >= 11 is 0. The molecule has 1 aliphatic heterocycles. The van der Waals surface area contributed by atoms with Crippen LogP contribution < -0.4 is 0 Å². The SMILES string of the molecule is CCCCCCN1CCN(C)CCN(CCCC)CC1. The fraction of sp³-hybridized carbons (Fsp3) is 1.00. The highest BCUT2D eigenvalue weighted by molar-refractivity contribution is 4.70. The molecule has 0 bridgehead atoms. The summed E-state index contributed by atoms with van der Waals surface area (Å²) < 4.78 is 0. The zero-order valence-corrected chi connectivity index (χ0v) is 14.2. The summed E-state index contributed by atoms with van der Waals surface area (Å²) in [6, 6.07) is 0. The lowest BCUT2D eigenvalue weighted by atomic mass is 10.2. The molecule has 0 aliphatic carbocycles. The zero-order valence-electron chi connectivity index (χ0n) is 14.2. The van der Waals surface area contributed by atoms with Crippen molar-refractivity contribution >= 4 is 0 Å². The van der Waals surface area contributed by atoms with E-state index in [-0.39, 0.29) is 0 Å². The summed E-state index contributed by atoms with van der Waals surface area (Å²) in [6.45, 7) is 14.7. The number of rotatable bonds is 8. The molecule has 0 atom stereocenters. The van der Waals surface area contributed by atoms with E-state index in [4.69, 9.17) is 0 Å². The molecule has 0 radical (unpaired) electrons. The van der Waals surface area contributed by atoms with Gasteiger partial charge in [-0.15, -0.1) is 0 Å². The van der Waals surface area contributed by atoms with Crippen molar-refractivity contribution in [2.75, 3.05) is 59.4 Å². The summed E-state index contributed by atoms with van der Waals surface area (Å²) in [5, 5.41) is 0. The first-order valence-electron chi connectivity index (χ1n) is 8.89. The first kappa shape index (κ1) is 17.9. The monoisotopic (exact) mass is 283 g/mol. The van der Waals surface area contributed by atoms with E-state index in [1.807, 2.05) is 0 Å². The van der Waals surface area contributed by atoms with Gasteiger partial charge in [0.25, 0.3) is 0 Å². The molecule has 1 rings (SSSR count). The number of hydrogen-bond acceptors (Lipinski definition) is 3. The maximum absolute atomic E-state index is 2.69. The van der Waals surface area contributed by atoms with Crippen LogP contribution in [0.25, 0.3) is 0 Å². The Morgan fingerprint density at radius 1 is 0.600 bits per heavy atom. The Hall–Kier alpha value is -0.120. The molecule has 1 saturated heterocycles. The molecule has 3 nitrogen and oxygen atoms in total. The second kappa shape index (κ2) is 11.5. The average Bonchev–Trinajstić information content (AvgIpc) is 2.54. The van der Waals surface area contributed by atoms with Crippen molar-refractivity contribution in [2.24, 2.45) is 0 Å². The third-order valence-electron chi connectivity index (χ3n) is 4.48. The molecule has 1 heterocycles. The molecule has 0 aromatic carbocycles. The second-order valence-corrected chi connectivity index (χ2v) is 6.40. The molecule has 0 aromatic heterocycles. The lowest BCUT2D eigenvalue weighted by Crippen LogP contribution is -2.37. The van der Waals surface area contributed by atoms with Gasteiger partial charge in [-0.2, -0.15) is 0 Å². The Labute approximate surface area is 127 Å². The Balaban J connectivity index is 2.34. The number of unbranched alkanes of at least 4 members (excludes halogenated alkanes) is 4. The zero-order chi connectivity index (χ0) is 14.6. The van der Waals surface area contributed by atoms with Gasteiger partial charge in [0.05, 0.1) is 0 Å². The smallest absolute Gasteiger partial charge is 0.0110 e. The summed E-state index contributed by atoms with van der Waals surface area (Å²) in [5.41, 5.74) is 0. The van der Waals surface area contributed by atoms with E-state index in [1.165, 1.54) is 90.9 Å². The molecule has 120 valence electrons. The van der Waals surface area contributed by atoms with Crippen LogP contribution in [0.15, 0.2) is 0 Å². The molecule has 0 N–H and O–H groups in total. The van der Waals surface area contributed by atoms with Gasteiger partial charge in [0.2, 0.25) is 0 Å². The Bertz CT molecular complexity index is 220. The standard InChI is InChI=1S/C17H37N3/c1-4-6-8-9-11-20-15-13-18(3)12-14-19(16-17-20)10-7-5-2/h4-17H2,1-3H3. The predicted molar refractivity (Wildman–Crippen MR) is 89.4 cm³/mol. The van der Waals surface area contributed by atoms with Gasteiger partial charge < -0.3 is 14.7 Å². The van der Waals surface area contributed by atoms with Crippen molar-refractivity contribution in [3.8, 4) is 0 Å². The van der Waals surface area contributed by atoms with Crippen LogP contribution >= 0.6 is 0 Å². The minimum absolute atomic E-state index is 1.23. The van der Waals surface area contributed by atoms with Crippen LogP contribution in [0.5, 0.6) is 0 Å². The van der Waals surface area contributed by atoms with E-state index in [0.717, 1.165) is 0 Å². The van der Waals surface area contributed by atoms with Crippen LogP contribution in [0.1, 0.15) is 52.4 Å². The molecular formula is C17H37N3. The van der Waals surface area contributed by atoms with Gasteiger partial charge in [0.15, 0.2) is 0 Å². The third kappa shape index (κ3) is 8.23. The van der Waals surface area contributed by atoms with Gasteiger partial charge >= 0.3 is 0 Å². The van der Waals surface area contributed by atoms with Gasteiger partial charge in [-0.3, -0.25) is 0 Å². The highest BCUT2D eigenvalue weighted by Gasteiger charge is 2.13. The quantitative estimate of drug-likeness (QED) is 0.634. The van der Waals surface area contributed by atoms with Crippen LogP contribution in [0.4, 0.5) is 0 Å². The molecule has 1 aliphatic rings. The van der Waals surface area contributed by atoms with Gasteiger partial charge in [-0.05, 0) is 33.0 Å². The molecule has 20 heavy (non-hydrogen) atoms. The fourth-order valence-electron chi connectivity index (χ4n) is 2.83. The normalized spacial score (nSPS) is 20.6. The van der Waals surface area contributed by atoms with Crippen molar-refractivity contribution < 1.29 is 0 Å². The maximum atomic E-state index is 2.69. The van der Waals surface area contributed by atoms with Crippen LogP contribution in [0, 0.1) is 0 Å². The Morgan fingerprint density at radius 3 is 1.65 bits per heavy atom. The minimum Gasteiger partial charge on any atom is -0.304 e. The Kier molecular flexibility index (Phi) is 10.3. The van der Waals surface area contributed by atoms with E-state index in [0.29, 0.717) is 0 Å². The van der Waals surface area contributed by atoms with Crippen LogP contribution in [-0.2, 0) is 0 Å². The second-order valence-electron chi connectivity index (χ2n) is 6.40. The maximum Gasteiger partial charge on any atom is 0.0110 e. The van der Waals surface area contributed by atoms with Crippen molar-refractivity contribution in [2.45, 2.75) is 52.4 Å². The first-order valence-corrected chi connectivity index (χ1v) is 8.89. The molecule has 1 fully saturated rings. The van der Waals surface area contributed by atoms with E-state index >= 15 is 0 Å². The van der Waals surface area contributed by atoms with E-state index in [1.54, 1.807) is 0 Å². The molecule has 3 heteroatoms. The lowest BCUT2D eigenvalue weighted by Gasteiger charge is -2.25. The summed E-state index contributed by atoms with van der Waals surface area (Å²) in [7, 11) is 2.28. The average molecular weight is 284 g/mol. The van der Waals surface area contributed by atoms with Gasteiger partial charge in [-0.25, -0.2) is 0 Å². The number of nitrogens with zero attached hydrogens (tertiary/aromatic N) is 3. The third-order valence-corrected chi connectivity index (χ3v) is 4.48. The number of likely N-dealkylation sites (N-methyl/N-ethyl adjacent to an activating group) is 1. The highest BCUT2D eigenvalue weighted by atomic mass is 15.2. The molecule has 0 amide bonds. The van der Waals surface area contributed by atoms with Crippen molar-refractivity contribution in [1.29, 1.82) is 0 Å². The molecule has 0 spiro atoms. The summed E-state index contributed by atoms with van der Waals surface area (Å²) in [5.74, 6) is 0. The van der Waals surface area contributed by atoms with Crippen LogP contribution in [0.3, 0.4) is 0 Å². The Morgan fingerprint density at radius 2 is 1.10 bits per heavy atom. The summed E-state index contributed by atoms with van der Waals surface area (Å²) in [6.07, 6.45) is 8.19. The molecular weight excluding hydrogens is 246 g/mol. The fourth-order valence-corrected chi connectivity index (χ4v) is 2.83. The first-order chi connectivity index (χ1) is 9.76.